The second-order valence-electron chi connectivity index (χ2n) is 7.48. The van der Waals surface area contributed by atoms with Gasteiger partial charge in [-0.3, -0.25) is 14.3 Å². The van der Waals surface area contributed by atoms with Crippen molar-refractivity contribution in [1.29, 1.82) is 0 Å². The fourth-order valence-corrected chi connectivity index (χ4v) is 3.59. The molecule has 11 heteroatoms. The van der Waals surface area contributed by atoms with E-state index in [2.05, 4.69) is 9.97 Å². The van der Waals surface area contributed by atoms with E-state index in [4.69, 9.17) is 0 Å². The zero-order valence-electron chi connectivity index (χ0n) is 17.1. The van der Waals surface area contributed by atoms with Crippen LogP contribution in [0.2, 0.25) is 0 Å². The number of halogens is 6. The number of rotatable bonds is 4. The van der Waals surface area contributed by atoms with Crippen LogP contribution < -0.4 is 5.56 Å². The summed E-state index contributed by atoms with van der Waals surface area (Å²) in [5.41, 5.74) is -6.01. The van der Waals surface area contributed by atoms with Crippen LogP contribution in [0.25, 0.3) is 16.6 Å². The van der Waals surface area contributed by atoms with Crippen molar-refractivity contribution >= 4 is 10.9 Å². The molecule has 0 spiro atoms. The molecule has 5 nitrogen and oxygen atoms in total. The molecule has 4 aromatic rings. The summed E-state index contributed by atoms with van der Waals surface area (Å²) in [4.78, 5) is 21.7. The van der Waals surface area contributed by atoms with Crippen LogP contribution in [0.5, 0.6) is 0 Å². The van der Waals surface area contributed by atoms with Gasteiger partial charge >= 0.3 is 12.4 Å². The van der Waals surface area contributed by atoms with Crippen molar-refractivity contribution < 1.29 is 31.4 Å². The molecule has 1 N–H and O–H groups in total. The largest absolute Gasteiger partial charge is 0.430 e. The molecule has 2 aromatic carbocycles. The highest BCUT2D eigenvalue weighted by Crippen LogP contribution is 2.50. The lowest BCUT2D eigenvalue weighted by atomic mass is 9.92. The first kappa shape index (κ1) is 23.4. The van der Waals surface area contributed by atoms with Gasteiger partial charge in [-0.05, 0) is 35.9 Å². The number of benzene rings is 2. The quantitative estimate of drug-likeness (QED) is 0.432. The molecule has 0 radical (unpaired) electrons. The second-order valence-corrected chi connectivity index (χ2v) is 7.48. The maximum atomic E-state index is 13.2. The Morgan fingerprint density at radius 3 is 2.09 bits per heavy atom. The molecule has 2 aromatic heterocycles. The maximum Gasteiger partial charge on any atom is 0.430 e. The van der Waals surface area contributed by atoms with Gasteiger partial charge in [-0.2, -0.15) is 26.3 Å². The first-order valence-corrected chi connectivity index (χ1v) is 9.80. The van der Waals surface area contributed by atoms with Gasteiger partial charge < -0.3 is 5.11 Å². The lowest BCUT2D eigenvalue weighted by molar-refractivity contribution is -0.376. The molecule has 0 atom stereocenters. The van der Waals surface area contributed by atoms with Crippen molar-refractivity contribution in [3.05, 3.63) is 100 Å². The van der Waals surface area contributed by atoms with Crippen LogP contribution in [0.1, 0.15) is 17.0 Å². The SMILES string of the molecule is O=c1c2ccccc2nc(Cc2cccnc2)n1-c1ccc(C(O)(C(F)(F)F)C(F)(F)F)cc1. The van der Waals surface area contributed by atoms with Crippen LogP contribution in [0.4, 0.5) is 26.3 Å². The molecule has 0 aliphatic rings. The Morgan fingerprint density at radius 1 is 0.853 bits per heavy atom. The lowest BCUT2D eigenvalue weighted by Crippen LogP contribution is -2.53. The van der Waals surface area contributed by atoms with Gasteiger partial charge in [-0.15, -0.1) is 0 Å². The highest BCUT2D eigenvalue weighted by atomic mass is 19.4. The molecule has 0 amide bonds. The molecular weight excluding hydrogens is 464 g/mol. The Bertz CT molecular complexity index is 1370. The first-order valence-electron chi connectivity index (χ1n) is 9.80. The minimum absolute atomic E-state index is 0.0161. The van der Waals surface area contributed by atoms with E-state index in [1.54, 1.807) is 42.7 Å². The highest BCUT2D eigenvalue weighted by molar-refractivity contribution is 5.77. The summed E-state index contributed by atoms with van der Waals surface area (Å²) in [5, 5.41) is 9.84. The predicted octanol–water partition coefficient (Wildman–Crippen LogP) is 4.68. The minimum Gasteiger partial charge on any atom is -0.369 e. The van der Waals surface area contributed by atoms with Gasteiger partial charge in [0.15, 0.2) is 0 Å². The van der Waals surface area contributed by atoms with Gasteiger partial charge in [0.05, 0.1) is 16.6 Å². The number of pyridine rings is 1. The molecule has 0 saturated carbocycles. The minimum atomic E-state index is -6.01. The Balaban J connectivity index is 1.89. The Labute approximate surface area is 188 Å². The molecule has 0 unspecified atom stereocenters. The molecule has 176 valence electrons. The van der Waals surface area contributed by atoms with Crippen LogP contribution in [-0.2, 0) is 12.0 Å². The van der Waals surface area contributed by atoms with E-state index in [9.17, 15) is 36.2 Å². The molecule has 2 heterocycles. The van der Waals surface area contributed by atoms with E-state index < -0.39 is 29.1 Å². The molecule has 0 aliphatic heterocycles. The van der Waals surface area contributed by atoms with Crippen molar-refractivity contribution in [1.82, 2.24) is 14.5 Å². The maximum absolute atomic E-state index is 13.2. The van der Waals surface area contributed by atoms with Gasteiger partial charge in [0, 0.05) is 24.4 Å². The average molecular weight is 479 g/mol. The van der Waals surface area contributed by atoms with Crippen LogP contribution in [-0.4, -0.2) is 32.0 Å². The fourth-order valence-electron chi connectivity index (χ4n) is 3.59. The van der Waals surface area contributed by atoms with Gasteiger partial charge in [0.2, 0.25) is 0 Å². The first-order chi connectivity index (χ1) is 15.9. The summed E-state index contributed by atoms with van der Waals surface area (Å²) >= 11 is 0. The average Bonchev–Trinajstić information content (AvgIpc) is 2.78. The van der Waals surface area contributed by atoms with Crippen molar-refractivity contribution in [3.63, 3.8) is 0 Å². The third-order valence-corrected chi connectivity index (χ3v) is 5.29. The monoisotopic (exact) mass is 479 g/mol. The van der Waals surface area contributed by atoms with Crippen molar-refractivity contribution in [3.8, 4) is 5.69 Å². The van der Waals surface area contributed by atoms with E-state index in [1.165, 1.54) is 6.07 Å². The number of hydrogen-bond acceptors (Lipinski definition) is 4. The van der Waals surface area contributed by atoms with Crippen LogP contribution in [0.15, 0.2) is 77.9 Å². The second kappa shape index (κ2) is 8.24. The van der Waals surface area contributed by atoms with E-state index >= 15 is 0 Å². The molecular formula is C23H15F6N3O2. The van der Waals surface area contributed by atoms with Crippen LogP contribution >= 0.6 is 0 Å². The highest BCUT2D eigenvalue weighted by Gasteiger charge is 2.71. The summed E-state index contributed by atoms with van der Waals surface area (Å²) in [6.07, 6.45) is -8.82. The molecule has 0 saturated heterocycles. The van der Waals surface area contributed by atoms with Crippen molar-refractivity contribution in [2.45, 2.75) is 24.4 Å². The van der Waals surface area contributed by atoms with Crippen molar-refractivity contribution in [2.24, 2.45) is 0 Å². The topological polar surface area (TPSA) is 68.0 Å². The summed E-state index contributed by atoms with van der Waals surface area (Å²) in [6, 6.07) is 12.6. The standard InChI is InChI=1S/C23H15F6N3O2/c24-22(25,26)21(34,23(27,28)29)15-7-9-16(10-8-15)32-19(12-14-4-3-11-30-13-14)31-18-6-2-1-5-17(18)20(32)33/h1-11,13,34H,12H2. The van der Waals surface area contributed by atoms with Gasteiger partial charge in [0.1, 0.15) is 5.82 Å². The normalized spacial score (nSPS) is 12.8. The predicted molar refractivity (Wildman–Crippen MR) is 110 cm³/mol. The van der Waals surface area contributed by atoms with E-state index in [0.29, 0.717) is 23.2 Å². The fraction of sp³-hybridized carbons (Fsp3) is 0.174. The number of aliphatic hydroxyl groups is 1. The molecule has 0 bridgehead atoms. The number of para-hydroxylation sites is 1. The zero-order valence-corrected chi connectivity index (χ0v) is 17.1. The van der Waals surface area contributed by atoms with Gasteiger partial charge in [-0.25, -0.2) is 4.98 Å². The Morgan fingerprint density at radius 2 is 1.50 bits per heavy atom. The summed E-state index contributed by atoms with van der Waals surface area (Å²) in [5.74, 6) is 0.200. The number of hydrogen-bond donors (Lipinski definition) is 1. The molecule has 0 fully saturated rings. The molecule has 0 aliphatic carbocycles. The van der Waals surface area contributed by atoms with Gasteiger partial charge in [0.25, 0.3) is 11.2 Å². The van der Waals surface area contributed by atoms with Crippen LogP contribution in [0, 0.1) is 0 Å². The number of nitrogens with zero attached hydrogens (tertiary/aromatic N) is 3. The Kier molecular flexibility index (Phi) is 5.68. The van der Waals surface area contributed by atoms with Crippen molar-refractivity contribution in [2.75, 3.05) is 0 Å². The van der Waals surface area contributed by atoms with Crippen LogP contribution in [0.3, 0.4) is 0 Å². The number of fused-ring (bicyclic) bond motifs is 1. The smallest absolute Gasteiger partial charge is 0.369 e. The molecule has 4 rings (SSSR count). The van der Waals surface area contributed by atoms with E-state index in [1.807, 2.05) is 0 Å². The van der Waals surface area contributed by atoms with Gasteiger partial charge in [-0.1, -0.05) is 30.3 Å². The number of alkyl halides is 6. The summed E-state index contributed by atoms with van der Waals surface area (Å²) < 4.78 is 80.4. The molecule has 34 heavy (non-hydrogen) atoms. The summed E-state index contributed by atoms with van der Waals surface area (Å²) in [7, 11) is 0. The number of aromatic nitrogens is 3. The lowest BCUT2D eigenvalue weighted by Gasteiger charge is -2.32. The zero-order chi connectivity index (χ0) is 24.7. The third kappa shape index (κ3) is 3.92. The van der Waals surface area contributed by atoms with E-state index in [-0.39, 0.29) is 23.3 Å². The third-order valence-electron chi connectivity index (χ3n) is 5.29. The Hall–Kier alpha value is -3.73. The van der Waals surface area contributed by atoms with E-state index in [0.717, 1.165) is 16.7 Å². The summed E-state index contributed by atoms with van der Waals surface area (Å²) in [6.45, 7) is 0.